The Bertz CT molecular complexity index is 771. The molecule has 0 heterocycles. The monoisotopic (exact) mass is 385 g/mol. The summed E-state index contributed by atoms with van der Waals surface area (Å²) >= 11 is 11.9. The molecule has 0 bridgehead atoms. The number of para-hydroxylation sites is 2. The Balaban J connectivity index is 2.07. The van der Waals surface area contributed by atoms with E-state index in [0.29, 0.717) is 22.0 Å². The minimum Gasteiger partial charge on any atom is -0.495 e. The third kappa shape index (κ3) is 4.84. The highest BCUT2D eigenvalue weighted by atomic mass is 35.5. The van der Waals surface area contributed by atoms with Gasteiger partial charge >= 0.3 is 0 Å². The quantitative estimate of drug-likeness (QED) is 0.743. The molecule has 0 saturated heterocycles. The second-order valence-electron chi connectivity index (χ2n) is 5.75. The van der Waals surface area contributed by atoms with E-state index in [1.165, 1.54) is 12.1 Å². The molecular weight excluding hydrogens is 366 g/mol. The van der Waals surface area contributed by atoms with E-state index in [2.05, 4.69) is 5.32 Å². The third-order valence-corrected chi connectivity index (χ3v) is 4.50. The average molecular weight is 386 g/mol. The molecule has 0 spiro atoms. The number of amides is 1. The van der Waals surface area contributed by atoms with Gasteiger partial charge in [0.25, 0.3) is 5.91 Å². The maximum absolute atomic E-state index is 13.7. The first kappa shape index (κ1) is 19.5. The maximum atomic E-state index is 13.7. The minimum atomic E-state index is -0.535. The molecule has 2 atom stereocenters. The van der Waals surface area contributed by atoms with Crippen LogP contribution in [0.5, 0.6) is 5.75 Å². The van der Waals surface area contributed by atoms with E-state index in [1.807, 2.05) is 19.1 Å². The van der Waals surface area contributed by atoms with Crippen LogP contribution in [0.2, 0.25) is 10.0 Å². The molecule has 25 heavy (non-hydrogen) atoms. The second-order valence-corrected chi connectivity index (χ2v) is 6.56. The molecule has 0 fully saturated rings. The van der Waals surface area contributed by atoms with Crippen LogP contribution in [0.15, 0.2) is 36.4 Å². The highest BCUT2D eigenvalue weighted by Gasteiger charge is 2.23. The summed E-state index contributed by atoms with van der Waals surface area (Å²) in [5.74, 6) is -0.145. The van der Waals surface area contributed by atoms with E-state index in [9.17, 15) is 9.18 Å². The first-order chi connectivity index (χ1) is 11.8. The number of quaternary nitrogens is 1. The van der Waals surface area contributed by atoms with Gasteiger partial charge in [0.1, 0.15) is 17.6 Å². The molecule has 0 aliphatic carbocycles. The summed E-state index contributed by atoms with van der Waals surface area (Å²) in [7, 11) is 1.54. The summed E-state index contributed by atoms with van der Waals surface area (Å²) in [6.45, 7) is 3.61. The number of rotatable bonds is 6. The fourth-order valence-electron chi connectivity index (χ4n) is 2.51. The van der Waals surface area contributed by atoms with Gasteiger partial charge in [0.15, 0.2) is 6.04 Å². The molecule has 0 aromatic heterocycles. The van der Waals surface area contributed by atoms with Crippen molar-refractivity contribution < 1.29 is 19.2 Å². The van der Waals surface area contributed by atoms with Crippen LogP contribution in [0.25, 0.3) is 0 Å². The van der Waals surface area contributed by atoms with Crippen molar-refractivity contribution in [2.45, 2.75) is 25.9 Å². The molecule has 0 radical (unpaired) electrons. The fraction of sp³-hybridized carbons (Fsp3) is 0.278. The molecule has 134 valence electrons. The van der Waals surface area contributed by atoms with E-state index in [4.69, 9.17) is 27.9 Å². The summed E-state index contributed by atoms with van der Waals surface area (Å²) in [6, 6.07) is 9.19. The van der Waals surface area contributed by atoms with E-state index >= 15 is 0 Å². The smallest absolute Gasteiger partial charge is 0.282 e. The average Bonchev–Trinajstić information content (AvgIpc) is 2.58. The van der Waals surface area contributed by atoms with Crippen molar-refractivity contribution in [1.29, 1.82) is 0 Å². The third-order valence-electron chi connectivity index (χ3n) is 3.89. The zero-order chi connectivity index (χ0) is 18.6. The normalized spacial score (nSPS) is 13.2. The van der Waals surface area contributed by atoms with E-state index < -0.39 is 11.9 Å². The van der Waals surface area contributed by atoms with Crippen LogP contribution in [-0.4, -0.2) is 19.1 Å². The number of carbonyl (C=O) groups is 1. The molecule has 2 rings (SSSR count). The van der Waals surface area contributed by atoms with Gasteiger partial charge in [-0.05, 0) is 38.1 Å². The summed E-state index contributed by atoms with van der Waals surface area (Å²) in [5, 5.41) is 4.98. The number of halogens is 3. The number of methoxy groups -OCH3 is 1. The Morgan fingerprint density at radius 3 is 2.56 bits per heavy atom. The number of hydrogen-bond donors (Lipinski definition) is 2. The van der Waals surface area contributed by atoms with Crippen molar-refractivity contribution in [3.05, 3.63) is 57.8 Å². The minimum absolute atomic E-state index is 0.0251. The van der Waals surface area contributed by atoms with Crippen molar-refractivity contribution in [3.63, 3.8) is 0 Å². The predicted octanol–water partition coefficient (Wildman–Crippen LogP) is 3.79. The van der Waals surface area contributed by atoms with Crippen LogP contribution in [0, 0.1) is 5.82 Å². The molecule has 2 aromatic rings. The lowest BCUT2D eigenvalue weighted by molar-refractivity contribution is -0.709. The van der Waals surface area contributed by atoms with E-state index in [0.717, 1.165) is 0 Å². The van der Waals surface area contributed by atoms with Gasteiger partial charge in [-0.15, -0.1) is 0 Å². The Kier molecular flexibility index (Phi) is 6.64. The van der Waals surface area contributed by atoms with Crippen LogP contribution in [0.4, 0.5) is 10.1 Å². The number of benzene rings is 2. The van der Waals surface area contributed by atoms with Crippen molar-refractivity contribution in [2.75, 3.05) is 12.4 Å². The van der Waals surface area contributed by atoms with Gasteiger partial charge in [-0.3, -0.25) is 4.79 Å². The van der Waals surface area contributed by atoms with Crippen molar-refractivity contribution >= 4 is 34.8 Å². The second kappa shape index (κ2) is 8.52. The summed E-state index contributed by atoms with van der Waals surface area (Å²) in [4.78, 5) is 12.4. The Morgan fingerprint density at radius 2 is 1.88 bits per heavy atom. The van der Waals surface area contributed by atoms with Gasteiger partial charge in [0.2, 0.25) is 0 Å². The zero-order valence-corrected chi connectivity index (χ0v) is 15.7. The lowest BCUT2D eigenvalue weighted by Crippen LogP contribution is -2.91. The van der Waals surface area contributed by atoms with Crippen LogP contribution in [-0.2, 0) is 4.79 Å². The van der Waals surface area contributed by atoms with Crippen LogP contribution >= 0.6 is 23.2 Å². The Labute approximate surface area is 156 Å². The molecule has 0 aliphatic rings. The van der Waals surface area contributed by atoms with E-state index in [-0.39, 0.29) is 17.0 Å². The van der Waals surface area contributed by atoms with Crippen molar-refractivity contribution in [3.8, 4) is 5.75 Å². The van der Waals surface area contributed by atoms with Crippen LogP contribution in [0.1, 0.15) is 25.5 Å². The van der Waals surface area contributed by atoms with Crippen LogP contribution < -0.4 is 15.4 Å². The van der Waals surface area contributed by atoms with Crippen molar-refractivity contribution in [1.82, 2.24) is 0 Å². The van der Waals surface area contributed by atoms with Gasteiger partial charge in [0.05, 0.1) is 22.8 Å². The molecule has 0 saturated carbocycles. The first-order valence-corrected chi connectivity index (χ1v) is 8.52. The molecule has 0 aliphatic heterocycles. The lowest BCUT2D eigenvalue weighted by atomic mass is 10.1. The van der Waals surface area contributed by atoms with Gasteiger partial charge in [-0.1, -0.05) is 35.3 Å². The van der Waals surface area contributed by atoms with Gasteiger partial charge in [0, 0.05) is 5.56 Å². The number of anilines is 1. The maximum Gasteiger partial charge on any atom is 0.282 e. The topological polar surface area (TPSA) is 54.9 Å². The zero-order valence-electron chi connectivity index (χ0n) is 14.1. The molecule has 4 nitrogen and oxygen atoms in total. The highest BCUT2D eigenvalue weighted by Crippen LogP contribution is 2.27. The van der Waals surface area contributed by atoms with Crippen molar-refractivity contribution in [2.24, 2.45) is 0 Å². The summed E-state index contributed by atoms with van der Waals surface area (Å²) < 4.78 is 18.9. The Morgan fingerprint density at radius 1 is 1.20 bits per heavy atom. The molecule has 1 amide bonds. The van der Waals surface area contributed by atoms with Gasteiger partial charge < -0.3 is 15.4 Å². The van der Waals surface area contributed by atoms with E-state index in [1.54, 1.807) is 31.5 Å². The number of ether oxygens (including phenoxy) is 1. The predicted molar refractivity (Wildman–Crippen MR) is 97.8 cm³/mol. The summed E-state index contributed by atoms with van der Waals surface area (Å²) in [6.07, 6.45) is 0. The molecular formula is C18H20Cl2FN2O2+. The molecule has 3 N–H and O–H groups in total. The van der Waals surface area contributed by atoms with Gasteiger partial charge in [-0.2, -0.15) is 0 Å². The number of carbonyl (C=O) groups excluding carboxylic acids is 1. The van der Waals surface area contributed by atoms with Gasteiger partial charge in [-0.25, -0.2) is 4.39 Å². The number of nitrogens with one attached hydrogen (secondary N) is 1. The fourth-order valence-corrected chi connectivity index (χ4v) is 3.06. The SMILES string of the molecule is COc1ccccc1NC(=O)[C@@H](C)[NH2+][C@@H](C)c1cc(F)c(Cl)cc1Cl. The molecule has 2 aromatic carbocycles. The number of nitrogens with two attached hydrogens (primary N) is 1. The number of hydrogen-bond acceptors (Lipinski definition) is 2. The Hall–Kier alpha value is -1.82. The largest absolute Gasteiger partial charge is 0.495 e. The highest BCUT2D eigenvalue weighted by molar-refractivity contribution is 6.35. The lowest BCUT2D eigenvalue weighted by Gasteiger charge is -2.18. The van der Waals surface area contributed by atoms with Crippen LogP contribution in [0.3, 0.4) is 0 Å². The standard InChI is InChI=1S/C18H19Cl2FN2O2/c1-10(12-8-15(21)14(20)9-13(12)19)22-11(2)18(24)23-16-6-4-5-7-17(16)25-3/h4-11,22H,1-3H3,(H,23,24)/p+1/t10-,11+/m0/s1. The molecule has 0 unspecified atom stereocenters. The summed E-state index contributed by atoms with van der Waals surface area (Å²) in [5.41, 5.74) is 1.18. The first-order valence-electron chi connectivity index (χ1n) is 7.76. The molecule has 7 heteroatoms.